The predicted molar refractivity (Wildman–Crippen MR) is 25.7 cm³/mol. The molecule has 0 aliphatic rings. The van der Waals surface area contributed by atoms with Gasteiger partial charge in [-0.15, -0.1) is 0 Å². The Balaban J connectivity index is 3.86. The standard InChI is InChI=1S/C4H6O5/c5-1-2(6)3(7)4(8)9/h1-3,6-7H,(H,8,9). The molecule has 0 amide bonds. The van der Waals surface area contributed by atoms with E-state index < -0.39 is 18.2 Å². The van der Waals surface area contributed by atoms with Crippen LogP contribution in [0.15, 0.2) is 0 Å². The van der Waals surface area contributed by atoms with Crippen LogP contribution in [-0.2, 0) is 9.59 Å². The van der Waals surface area contributed by atoms with Crippen molar-refractivity contribution in [2.75, 3.05) is 0 Å². The van der Waals surface area contributed by atoms with Gasteiger partial charge in [0.05, 0.1) is 0 Å². The minimum atomic E-state index is -2.01. The first-order chi connectivity index (χ1) is 4.09. The first-order valence-electron chi connectivity index (χ1n) is 2.14. The Hall–Kier alpha value is -0.940. The fraction of sp³-hybridized carbons (Fsp3) is 0.500. The Bertz CT molecular complexity index is 120. The average Bonchev–Trinajstić information content (AvgIpc) is 1.84. The van der Waals surface area contributed by atoms with E-state index in [0.717, 1.165) is 0 Å². The molecule has 0 saturated carbocycles. The number of carboxylic acid groups (broad SMARTS) is 1. The molecule has 3 N–H and O–H groups in total. The smallest absolute Gasteiger partial charge is 0.335 e. The summed E-state index contributed by atoms with van der Waals surface area (Å²) in [6, 6.07) is 0. The number of aliphatic hydroxyl groups is 2. The number of carboxylic acids is 1. The number of aliphatic carboxylic acids is 1. The highest BCUT2D eigenvalue weighted by Gasteiger charge is 2.22. The molecule has 0 rings (SSSR count). The van der Waals surface area contributed by atoms with Gasteiger partial charge in [0.25, 0.3) is 0 Å². The molecule has 0 aromatic carbocycles. The summed E-state index contributed by atoms with van der Waals surface area (Å²) >= 11 is 0. The van der Waals surface area contributed by atoms with Gasteiger partial charge in [-0.3, -0.25) is 0 Å². The zero-order chi connectivity index (χ0) is 7.44. The zero-order valence-electron chi connectivity index (χ0n) is 4.39. The van der Waals surface area contributed by atoms with Crippen LogP contribution in [0, 0.1) is 0 Å². The van der Waals surface area contributed by atoms with Crippen LogP contribution in [0.3, 0.4) is 0 Å². The molecule has 0 heterocycles. The number of carbonyl (C=O) groups excluding carboxylic acids is 1. The first-order valence-corrected chi connectivity index (χ1v) is 2.14. The molecule has 0 spiro atoms. The molecule has 0 fully saturated rings. The summed E-state index contributed by atoms with van der Waals surface area (Å²) < 4.78 is 0. The molecule has 52 valence electrons. The van der Waals surface area contributed by atoms with E-state index in [2.05, 4.69) is 0 Å². The molecule has 0 saturated heterocycles. The van der Waals surface area contributed by atoms with Gasteiger partial charge in [0.2, 0.25) is 0 Å². The van der Waals surface area contributed by atoms with Crippen LogP contribution in [-0.4, -0.2) is 39.8 Å². The van der Waals surface area contributed by atoms with Gasteiger partial charge >= 0.3 is 5.97 Å². The quantitative estimate of drug-likeness (QED) is 0.388. The van der Waals surface area contributed by atoms with Gasteiger partial charge in [-0.25, -0.2) is 4.79 Å². The van der Waals surface area contributed by atoms with Crippen molar-refractivity contribution in [3.63, 3.8) is 0 Å². The van der Waals surface area contributed by atoms with E-state index in [1.807, 2.05) is 0 Å². The molecule has 0 aromatic heterocycles. The van der Waals surface area contributed by atoms with E-state index in [1.165, 1.54) is 0 Å². The van der Waals surface area contributed by atoms with Crippen molar-refractivity contribution in [1.82, 2.24) is 0 Å². The zero-order valence-corrected chi connectivity index (χ0v) is 4.39. The molecule has 0 radical (unpaired) electrons. The number of rotatable bonds is 3. The summed E-state index contributed by atoms with van der Waals surface area (Å²) in [5, 5.41) is 24.5. The van der Waals surface area contributed by atoms with Crippen molar-refractivity contribution >= 4 is 12.3 Å². The number of aldehydes is 1. The second-order valence-electron chi connectivity index (χ2n) is 1.41. The normalized spacial score (nSPS) is 16.2. The summed E-state index contributed by atoms with van der Waals surface area (Å²) in [5.41, 5.74) is 0. The van der Waals surface area contributed by atoms with Crippen LogP contribution < -0.4 is 0 Å². The van der Waals surface area contributed by atoms with E-state index >= 15 is 0 Å². The Kier molecular flexibility index (Phi) is 2.83. The lowest BCUT2D eigenvalue weighted by atomic mass is 10.2. The lowest BCUT2D eigenvalue weighted by molar-refractivity contribution is -0.154. The molecule has 2 atom stereocenters. The molecular weight excluding hydrogens is 128 g/mol. The predicted octanol–water partition coefficient (Wildman–Crippen LogP) is -2.01. The summed E-state index contributed by atoms with van der Waals surface area (Å²) in [4.78, 5) is 19.3. The summed E-state index contributed by atoms with van der Waals surface area (Å²) in [6.45, 7) is 0. The van der Waals surface area contributed by atoms with Crippen molar-refractivity contribution in [3.05, 3.63) is 0 Å². The van der Waals surface area contributed by atoms with Crippen LogP contribution >= 0.6 is 0 Å². The van der Waals surface area contributed by atoms with Gasteiger partial charge in [-0.2, -0.15) is 0 Å². The van der Waals surface area contributed by atoms with Crippen LogP contribution in [0.1, 0.15) is 0 Å². The highest BCUT2D eigenvalue weighted by Crippen LogP contribution is 1.88. The maximum absolute atomic E-state index is 9.73. The maximum Gasteiger partial charge on any atom is 0.335 e. The minimum Gasteiger partial charge on any atom is -0.479 e. The van der Waals surface area contributed by atoms with E-state index in [9.17, 15) is 9.59 Å². The fourth-order valence-corrected chi connectivity index (χ4v) is 0.220. The molecule has 0 aromatic rings. The van der Waals surface area contributed by atoms with Gasteiger partial charge < -0.3 is 20.1 Å². The van der Waals surface area contributed by atoms with Gasteiger partial charge in [-0.1, -0.05) is 0 Å². The summed E-state index contributed by atoms with van der Waals surface area (Å²) in [5.74, 6) is -1.62. The summed E-state index contributed by atoms with van der Waals surface area (Å²) in [6.07, 6.45) is -3.89. The number of hydrogen-bond acceptors (Lipinski definition) is 4. The van der Waals surface area contributed by atoms with Gasteiger partial charge in [-0.05, 0) is 0 Å². The minimum absolute atomic E-state index is 0.0429. The van der Waals surface area contributed by atoms with E-state index in [1.54, 1.807) is 0 Å². The lowest BCUT2D eigenvalue weighted by Gasteiger charge is -2.04. The van der Waals surface area contributed by atoms with Crippen LogP contribution in [0.25, 0.3) is 0 Å². The van der Waals surface area contributed by atoms with Gasteiger partial charge in [0, 0.05) is 0 Å². The van der Waals surface area contributed by atoms with E-state index in [0.29, 0.717) is 0 Å². The number of aliphatic hydroxyl groups excluding tert-OH is 2. The SMILES string of the molecule is O=CC(O)C(O)C(=O)O. The molecule has 0 bridgehead atoms. The Morgan fingerprint density at radius 2 is 1.89 bits per heavy atom. The Morgan fingerprint density at radius 3 is 2.00 bits per heavy atom. The van der Waals surface area contributed by atoms with Gasteiger partial charge in [0.1, 0.15) is 6.10 Å². The third-order valence-electron chi connectivity index (χ3n) is 0.716. The molecule has 0 aliphatic heterocycles. The highest BCUT2D eigenvalue weighted by molar-refractivity contribution is 5.77. The van der Waals surface area contributed by atoms with Crippen molar-refractivity contribution < 1.29 is 24.9 Å². The van der Waals surface area contributed by atoms with Crippen molar-refractivity contribution in [1.29, 1.82) is 0 Å². The third-order valence-corrected chi connectivity index (χ3v) is 0.716. The number of carbonyl (C=O) groups is 2. The topological polar surface area (TPSA) is 94.8 Å². The second kappa shape index (κ2) is 3.16. The maximum atomic E-state index is 9.73. The van der Waals surface area contributed by atoms with Crippen molar-refractivity contribution in [2.45, 2.75) is 12.2 Å². The Morgan fingerprint density at radius 1 is 1.44 bits per heavy atom. The lowest BCUT2D eigenvalue weighted by Crippen LogP contribution is -2.34. The molecule has 5 heteroatoms. The van der Waals surface area contributed by atoms with E-state index in [4.69, 9.17) is 15.3 Å². The summed E-state index contributed by atoms with van der Waals surface area (Å²) in [7, 11) is 0. The van der Waals surface area contributed by atoms with Gasteiger partial charge in [0.15, 0.2) is 12.4 Å². The van der Waals surface area contributed by atoms with Crippen molar-refractivity contribution in [2.24, 2.45) is 0 Å². The molecule has 0 aliphatic carbocycles. The Labute approximate surface area is 50.5 Å². The highest BCUT2D eigenvalue weighted by atomic mass is 16.4. The second-order valence-corrected chi connectivity index (χ2v) is 1.41. The first kappa shape index (κ1) is 8.06. The molecule has 9 heavy (non-hydrogen) atoms. The molecule has 2 unspecified atom stereocenters. The number of hydrogen-bond donors (Lipinski definition) is 3. The third kappa shape index (κ3) is 2.20. The largest absolute Gasteiger partial charge is 0.479 e. The van der Waals surface area contributed by atoms with Crippen LogP contribution in [0.5, 0.6) is 0 Å². The monoisotopic (exact) mass is 134 g/mol. The van der Waals surface area contributed by atoms with Crippen LogP contribution in [0.2, 0.25) is 0 Å². The molecule has 5 nitrogen and oxygen atoms in total. The van der Waals surface area contributed by atoms with Crippen molar-refractivity contribution in [3.8, 4) is 0 Å². The fourth-order valence-electron chi connectivity index (χ4n) is 0.220. The average molecular weight is 134 g/mol. The molecular formula is C4H6O5. The van der Waals surface area contributed by atoms with E-state index in [-0.39, 0.29) is 6.29 Å². The van der Waals surface area contributed by atoms with Crippen LogP contribution in [0.4, 0.5) is 0 Å².